The highest BCUT2D eigenvalue weighted by molar-refractivity contribution is 5.71. The summed E-state index contributed by atoms with van der Waals surface area (Å²) in [6.45, 7) is 3.55. The highest BCUT2D eigenvalue weighted by atomic mass is 16.5. The topological polar surface area (TPSA) is 42.9 Å². The minimum atomic E-state index is -0.140. The third-order valence-corrected chi connectivity index (χ3v) is 2.35. The van der Waals surface area contributed by atoms with E-state index >= 15 is 0 Å². The fourth-order valence-corrected chi connectivity index (χ4v) is 1.41. The Kier molecular flexibility index (Phi) is 4.84. The Labute approximate surface area is 90.4 Å². The molecule has 3 nitrogen and oxygen atoms in total. The van der Waals surface area contributed by atoms with Gasteiger partial charge in [-0.3, -0.25) is 4.79 Å². The second kappa shape index (κ2) is 6.19. The van der Waals surface area contributed by atoms with Crippen LogP contribution < -0.4 is 5.32 Å². The van der Waals surface area contributed by atoms with Crippen LogP contribution in [0, 0.1) is 5.92 Å². The average Bonchev–Trinajstić information content (AvgIpc) is 2.29. The third kappa shape index (κ3) is 4.13. The molecule has 0 saturated carbocycles. The fraction of sp³-hybridized carbons (Fsp3) is 0.417. The van der Waals surface area contributed by atoms with Gasteiger partial charge in [0.05, 0.1) is 13.7 Å². The number of carbonyl (C=O) groups excluding carboxylic acids is 1. The first kappa shape index (κ1) is 11.7. The smallest absolute Gasteiger partial charge is 0.314 e. The van der Waals surface area contributed by atoms with Crippen LogP contribution in [-0.2, 0) is 16.1 Å². The zero-order chi connectivity index (χ0) is 11.1. The first-order chi connectivity index (χ1) is 7.24. The number of hydrogen-bond donors (Lipinski definition) is 1. The van der Waals surface area contributed by atoms with Gasteiger partial charge in [-0.1, -0.05) is 30.3 Å². The number of quaternary nitrogens is 1. The van der Waals surface area contributed by atoms with Crippen LogP contribution in [0.15, 0.2) is 30.3 Å². The van der Waals surface area contributed by atoms with E-state index in [9.17, 15) is 4.79 Å². The first-order valence-electron chi connectivity index (χ1n) is 5.17. The Hall–Kier alpha value is -1.35. The minimum Gasteiger partial charge on any atom is -0.469 e. The normalized spacial score (nSPS) is 12.1. The maximum absolute atomic E-state index is 11.1. The van der Waals surface area contributed by atoms with Crippen molar-refractivity contribution in [2.75, 3.05) is 13.7 Å². The lowest BCUT2D eigenvalue weighted by Crippen LogP contribution is -2.84. The van der Waals surface area contributed by atoms with Crippen molar-refractivity contribution in [3.8, 4) is 0 Å². The van der Waals surface area contributed by atoms with E-state index in [2.05, 4.69) is 22.2 Å². The van der Waals surface area contributed by atoms with Crippen LogP contribution >= 0.6 is 0 Å². The number of ether oxygens (including phenoxy) is 1. The highest BCUT2D eigenvalue weighted by Gasteiger charge is 2.14. The molecule has 0 radical (unpaired) electrons. The van der Waals surface area contributed by atoms with E-state index in [0.717, 1.165) is 13.1 Å². The van der Waals surface area contributed by atoms with Crippen LogP contribution in [0.2, 0.25) is 0 Å². The van der Waals surface area contributed by atoms with Crippen molar-refractivity contribution in [2.24, 2.45) is 5.92 Å². The molecule has 0 amide bonds. The standard InChI is InChI=1S/C12H17NO2/c1-10(12(14)15-2)8-13-9-11-6-4-3-5-7-11/h3-7,10,13H,8-9H2,1-2H3/p+1/t10-/m1/s1. The van der Waals surface area contributed by atoms with Crippen LogP contribution in [0.5, 0.6) is 0 Å². The molecule has 0 fully saturated rings. The van der Waals surface area contributed by atoms with Gasteiger partial charge in [-0.05, 0) is 6.92 Å². The molecule has 1 atom stereocenters. The van der Waals surface area contributed by atoms with Crippen molar-refractivity contribution in [2.45, 2.75) is 13.5 Å². The Balaban J connectivity index is 2.25. The Bertz CT molecular complexity index is 298. The van der Waals surface area contributed by atoms with Crippen molar-refractivity contribution in [3.05, 3.63) is 35.9 Å². The second-order valence-electron chi connectivity index (χ2n) is 3.64. The van der Waals surface area contributed by atoms with Gasteiger partial charge in [-0.2, -0.15) is 0 Å². The predicted octanol–water partition coefficient (Wildman–Crippen LogP) is 0.559. The summed E-state index contributed by atoms with van der Waals surface area (Å²) in [6.07, 6.45) is 0. The Morgan fingerprint density at radius 3 is 2.67 bits per heavy atom. The second-order valence-corrected chi connectivity index (χ2v) is 3.64. The molecule has 82 valence electrons. The molecule has 3 heteroatoms. The van der Waals surface area contributed by atoms with Crippen LogP contribution in [0.4, 0.5) is 0 Å². The Morgan fingerprint density at radius 2 is 2.07 bits per heavy atom. The van der Waals surface area contributed by atoms with Crippen LogP contribution in [0.25, 0.3) is 0 Å². The monoisotopic (exact) mass is 208 g/mol. The minimum absolute atomic E-state index is 0.0429. The molecule has 0 unspecified atom stereocenters. The van der Waals surface area contributed by atoms with Crippen LogP contribution in [0.3, 0.4) is 0 Å². The summed E-state index contributed by atoms with van der Waals surface area (Å²) >= 11 is 0. The van der Waals surface area contributed by atoms with Crippen LogP contribution in [-0.4, -0.2) is 19.6 Å². The molecule has 0 spiro atoms. The van der Waals surface area contributed by atoms with Gasteiger partial charge < -0.3 is 10.1 Å². The van der Waals surface area contributed by atoms with E-state index < -0.39 is 0 Å². The molecule has 0 aliphatic heterocycles. The molecule has 0 aromatic heterocycles. The zero-order valence-electron chi connectivity index (χ0n) is 9.27. The van der Waals surface area contributed by atoms with E-state index in [1.165, 1.54) is 12.7 Å². The summed E-state index contributed by atoms with van der Waals surface area (Å²) in [5.74, 6) is -0.182. The summed E-state index contributed by atoms with van der Waals surface area (Å²) in [5, 5.41) is 2.12. The lowest BCUT2D eigenvalue weighted by molar-refractivity contribution is -0.674. The molecule has 1 aromatic carbocycles. The lowest BCUT2D eigenvalue weighted by atomic mass is 10.1. The third-order valence-electron chi connectivity index (χ3n) is 2.35. The molecule has 0 heterocycles. The van der Waals surface area contributed by atoms with E-state index in [-0.39, 0.29) is 11.9 Å². The summed E-state index contributed by atoms with van der Waals surface area (Å²) in [4.78, 5) is 11.1. The summed E-state index contributed by atoms with van der Waals surface area (Å²) in [5.41, 5.74) is 1.27. The largest absolute Gasteiger partial charge is 0.469 e. The van der Waals surface area contributed by atoms with E-state index in [4.69, 9.17) is 0 Å². The maximum Gasteiger partial charge on any atom is 0.314 e. The SMILES string of the molecule is COC(=O)[C@H](C)C[NH2+]Cc1ccccc1. The molecule has 0 saturated heterocycles. The van der Waals surface area contributed by atoms with Crippen molar-refractivity contribution in [1.82, 2.24) is 0 Å². The van der Waals surface area contributed by atoms with Gasteiger partial charge in [0.1, 0.15) is 12.5 Å². The highest BCUT2D eigenvalue weighted by Crippen LogP contribution is 1.96. The molecule has 0 bridgehead atoms. The van der Waals surface area contributed by atoms with Gasteiger partial charge in [0, 0.05) is 5.56 Å². The molecule has 1 aromatic rings. The zero-order valence-corrected chi connectivity index (χ0v) is 9.27. The Morgan fingerprint density at radius 1 is 1.40 bits per heavy atom. The summed E-state index contributed by atoms with van der Waals surface area (Å²) in [6, 6.07) is 10.2. The number of hydrogen-bond acceptors (Lipinski definition) is 2. The summed E-state index contributed by atoms with van der Waals surface area (Å²) < 4.78 is 4.66. The summed E-state index contributed by atoms with van der Waals surface area (Å²) in [7, 11) is 1.43. The number of nitrogens with two attached hydrogens (primary N) is 1. The predicted molar refractivity (Wildman–Crippen MR) is 58.1 cm³/mol. The number of esters is 1. The molecular formula is C12H18NO2+. The fourth-order valence-electron chi connectivity index (χ4n) is 1.41. The number of benzene rings is 1. The number of rotatable bonds is 5. The van der Waals surface area contributed by atoms with Gasteiger partial charge in [0.2, 0.25) is 0 Å². The van der Waals surface area contributed by atoms with Crippen molar-refractivity contribution < 1.29 is 14.8 Å². The molecule has 1 rings (SSSR count). The average molecular weight is 208 g/mol. The molecule has 0 aliphatic carbocycles. The lowest BCUT2D eigenvalue weighted by Gasteiger charge is -2.07. The van der Waals surface area contributed by atoms with Crippen molar-refractivity contribution in [1.29, 1.82) is 0 Å². The quantitative estimate of drug-likeness (QED) is 0.718. The van der Waals surface area contributed by atoms with E-state index in [1.807, 2.05) is 25.1 Å². The maximum atomic E-state index is 11.1. The first-order valence-corrected chi connectivity index (χ1v) is 5.17. The molecule has 2 N–H and O–H groups in total. The van der Waals surface area contributed by atoms with Gasteiger partial charge in [0.25, 0.3) is 0 Å². The molecular weight excluding hydrogens is 190 g/mol. The molecule has 15 heavy (non-hydrogen) atoms. The van der Waals surface area contributed by atoms with Crippen molar-refractivity contribution in [3.63, 3.8) is 0 Å². The van der Waals surface area contributed by atoms with Gasteiger partial charge >= 0.3 is 5.97 Å². The van der Waals surface area contributed by atoms with Crippen LogP contribution in [0.1, 0.15) is 12.5 Å². The number of carbonyl (C=O) groups is 1. The van der Waals surface area contributed by atoms with Crippen molar-refractivity contribution >= 4 is 5.97 Å². The van der Waals surface area contributed by atoms with E-state index in [1.54, 1.807) is 0 Å². The molecule has 0 aliphatic rings. The number of methoxy groups -OCH3 is 1. The van der Waals surface area contributed by atoms with E-state index in [0.29, 0.717) is 0 Å². The van der Waals surface area contributed by atoms with Gasteiger partial charge in [0.15, 0.2) is 0 Å². The van der Waals surface area contributed by atoms with Gasteiger partial charge in [-0.25, -0.2) is 0 Å². The van der Waals surface area contributed by atoms with Gasteiger partial charge in [-0.15, -0.1) is 0 Å².